The molecular formula is C26H52O3Si. The van der Waals surface area contributed by atoms with Gasteiger partial charge in [-0.25, -0.2) is 0 Å². The summed E-state index contributed by atoms with van der Waals surface area (Å²) in [5, 5.41) is 20.9. The number of fused-ring (bicyclic) bond motifs is 1. The normalized spacial score (nSPS) is 36.5. The van der Waals surface area contributed by atoms with Crippen molar-refractivity contribution in [3.63, 3.8) is 0 Å². The van der Waals surface area contributed by atoms with E-state index in [9.17, 15) is 10.2 Å². The molecule has 0 aromatic heterocycles. The highest BCUT2D eigenvalue weighted by atomic mass is 28.4. The molecule has 0 bridgehead atoms. The van der Waals surface area contributed by atoms with Crippen molar-refractivity contribution in [3.8, 4) is 0 Å². The summed E-state index contributed by atoms with van der Waals surface area (Å²) in [4.78, 5) is 0. The Kier molecular flexibility index (Phi) is 5.65. The van der Waals surface area contributed by atoms with Gasteiger partial charge in [-0.2, -0.15) is 0 Å². The van der Waals surface area contributed by atoms with Crippen LogP contribution in [0.4, 0.5) is 0 Å². The van der Waals surface area contributed by atoms with Crippen LogP contribution < -0.4 is 0 Å². The fourth-order valence-electron chi connectivity index (χ4n) is 6.44. The minimum Gasteiger partial charge on any atom is -0.414 e. The van der Waals surface area contributed by atoms with Crippen molar-refractivity contribution < 1.29 is 22.9 Å². The molecule has 2 saturated carbocycles. The van der Waals surface area contributed by atoms with Crippen molar-refractivity contribution in [3.05, 3.63) is 0 Å². The van der Waals surface area contributed by atoms with Gasteiger partial charge >= 0.3 is 0 Å². The van der Waals surface area contributed by atoms with Gasteiger partial charge in [0.25, 0.3) is 0 Å². The molecule has 2 aliphatic rings. The molecule has 178 valence electrons. The number of hydrogen-bond donors (Lipinski definition) is 2. The molecule has 0 aromatic rings. The molecule has 0 aromatic carbocycles. The molecule has 2 aliphatic carbocycles. The molecule has 3 nitrogen and oxygen atoms in total. The molecule has 0 heterocycles. The molecule has 2 unspecified atom stereocenters. The van der Waals surface area contributed by atoms with Crippen LogP contribution in [-0.2, 0) is 4.43 Å². The van der Waals surface area contributed by atoms with E-state index in [1.165, 1.54) is 0 Å². The van der Waals surface area contributed by atoms with Crippen LogP contribution in [0.1, 0.15) is 114 Å². The van der Waals surface area contributed by atoms with Crippen LogP contribution in [0.15, 0.2) is 0 Å². The number of aliphatic hydroxyl groups excluding tert-OH is 1. The Bertz CT molecular complexity index is 733. The summed E-state index contributed by atoms with van der Waals surface area (Å²) >= 11 is 0. The molecule has 0 spiro atoms. The fraction of sp³-hybridized carbons (Fsp3) is 1.00. The smallest absolute Gasteiger partial charge is 0.192 e. The second kappa shape index (κ2) is 9.15. The summed E-state index contributed by atoms with van der Waals surface area (Å²) < 4.78 is 53.1. The van der Waals surface area contributed by atoms with Crippen LogP contribution in [-0.4, -0.2) is 36.8 Å². The average molecular weight is 447 g/mol. The quantitative estimate of drug-likeness (QED) is 0.378. The molecule has 4 heteroatoms. The van der Waals surface area contributed by atoms with E-state index in [-0.39, 0.29) is 41.4 Å². The van der Waals surface area contributed by atoms with Gasteiger partial charge in [-0.15, -0.1) is 0 Å². The molecule has 2 N–H and O–H groups in total. The van der Waals surface area contributed by atoms with Crippen molar-refractivity contribution in [2.75, 3.05) is 6.61 Å². The van der Waals surface area contributed by atoms with Crippen molar-refractivity contribution in [1.29, 1.82) is 0 Å². The first-order chi connectivity index (χ1) is 16.1. The minimum absolute atomic E-state index is 0.0282. The lowest BCUT2D eigenvalue weighted by Crippen LogP contribution is -2.51. The van der Waals surface area contributed by atoms with Gasteiger partial charge < -0.3 is 14.6 Å². The Balaban J connectivity index is 2.26. The fourth-order valence-corrected chi connectivity index (χ4v) is 7.83. The molecule has 0 amide bonds. The summed E-state index contributed by atoms with van der Waals surface area (Å²) in [6.07, 6.45) is 6.76. The first-order valence-corrected chi connectivity index (χ1v) is 15.0. The molecule has 30 heavy (non-hydrogen) atoms. The third-order valence-corrected chi connectivity index (χ3v) is 13.6. The molecule has 0 saturated heterocycles. The van der Waals surface area contributed by atoms with E-state index in [0.717, 1.165) is 32.1 Å². The minimum atomic E-state index is -2.99. The third-order valence-electron chi connectivity index (χ3n) is 9.13. The Morgan fingerprint density at radius 2 is 1.73 bits per heavy atom. The molecule has 2 rings (SSSR count). The zero-order valence-electron chi connectivity index (χ0n) is 26.6. The van der Waals surface area contributed by atoms with Gasteiger partial charge in [-0.1, -0.05) is 47.5 Å². The molecule has 2 fully saturated rings. The predicted molar refractivity (Wildman–Crippen MR) is 130 cm³/mol. The summed E-state index contributed by atoms with van der Waals surface area (Å²) in [5.74, 6) is 0.770. The van der Waals surface area contributed by atoms with Gasteiger partial charge in [0.05, 0.1) is 5.60 Å². The Labute approximate surface area is 196 Å². The SMILES string of the molecule is [2H]C([2H])([2H])C(O)(CCC[C@](C)(CCO)C1CCC2[C@@H](O[Si](C)(C)C(C)(C)C)CCC[C@@]21C)C([2H])([2H])[2H]. The van der Waals surface area contributed by atoms with Crippen LogP contribution in [0.2, 0.25) is 18.1 Å². The zero-order chi connectivity index (χ0) is 28.0. The zero-order valence-corrected chi connectivity index (χ0v) is 21.6. The highest BCUT2D eigenvalue weighted by Gasteiger charge is 2.57. The van der Waals surface area contributed by atoms with Crippen molar-refractivity contribution in [2.24, 2.45) is 22.7 Å². The molecular weight excluding hydrogens is 388 g/mol. The van der Waals surface area contributed by atoms with Gasteiger partial charge in [-0.3, -0.25) is 0 Å². The summed E-state index contributed by atoms with van der Waals surface area (Å²) in [6, 6.07) is 0. The highest BCUT2D eigenvalue weighted by Crippen LogP contribution is 2.63. The lowest BCUT2D eigenvalue weighted by molar-refractivity contribution is -0.0511. The maximum Gasteiger partial charge on any atom is 0.192 e. The van der Waals surface area contributed by atoms with Gasteiger partial charge in [-0.05, 0) is 99.4 Å². The first kappa shape index (κ1) is 18.5. The van der Waals surface area contributed by atoms with Crippen molar-refractivity contribution in [2.45, 2.75) is 136 Å². The highest BCUT2D eigenvalue weighted by molar-refractivity contribution is 6.74. The molecule has 0 aliphatic heterocycles. The van der Waals surface area contributed by atoms with Crippen LogP contribution in [0, 0.1) is 22.7 Å². The number of rotatable bonds is 9. The summed E-state index contributed by atoms with van der Waals surface area (Å²) in [6.45, 7) is 10.1. The van der Waals surface area contributed by atoms with E-state index in [1.807, 2.05) is 0 Å². The summed E-state index contributed by atoms with van der Waals surface area (Å²) in [7, 11) is -1.92. The van der Waals surface area contributed by atoms with Crippen LogP contribution >= 0.6 is 0 Å². The lowest BCUT2D eigenvalue weighted by Gasteiger charge is -2.52. The van der Waals surface area contributed by atoms with Gasteiger partial charge in [0.15, 0.2) is 8.32 Å². The van der Waals surface area contributed by atoms with Gasteiger partial charge in [0, 0.05) is 20.9 Å². The average Bonchev–Trinajstić information content (AvgIpc) is 3.04. The van der Waals surface area contributed by atoms with E-state index >= 15 is 0 Å². The van der Waals surface area contributed by atoms with Gasteiger partial charge in [0.2, 0.25) is 0 Å². The van der Waals surface area contributed by atoms with Crippen LogP contribution in [0.3, 0.4) is 0 Å². The second-order valence-electron chi connectivity index (χ2n) is 12.4. The first-order valence-electron chi connectivity index (χ1n) is 15.1. The largest absolute Gasteiger partial charge is 0.414 e. The lowest BCUT2D eigenvalue weighted by atomic mass is 9.56. The molecule has 5 atom stereocenters. The third kappa shape index (κ3) is 5.71. The number of hydrogen-bond acceptors (Lipinski definition) is 3. The van der Waals surface area contributed by atoms with E-state index in [1.54, 1.807) is 0 Å². The Hall–Kier alpha value is 0.0969. The van der Waals surface area contributed by atoms with E-state index in [0.29, 0.717) is 24.7 Å². The standard InChI is InChI=1S/C26H52O3Si/c1-23(2,3)30(8,9)29-21-12-10-17-26(7)20(21)13-14-22(26)25(6,18-19-27)16-11-15-24(4,5)28/h20-22,27-28H,10-19H2,1-9H3/t20?,21-,22?,25+,26-/m0/s1/i4D3,5D3. The second-order valence-corrected chi connectivity index (χ2v) is 17.1. The van der Waals surface area contributed by atoms with E-state index < -0.39 is 27.6 Å². The van der Waals surface area contributed by atoms with E-state index in [4.69, 9.17) is 12.7 Å². The molecule has 0 radical (unpaired) electrons. The topological polar surface area (TPSA) is 49.7 Å². The Morgan fingerprint density at radius 1 is 1.07 bits per heavy atom. The predicted octanol–water partition coefficient (Wildman–Crippen LogP) is 6.92. The van der Waals surface area contributed by atoms with Crippen molar-refractivity contribution >= 4 is 8.32 Å². The van der Waals surface area contributed by atoms with Crippen LogP contribution in [0.5, 0.6) is 0 Å². The monoisotopic (exact) mass is 446 g/mol. The van der Waals surface area contributed by atoms with Crippen molar-refractivity contribution in [1.82, 2.24) is 0 Å². The Morgan fingerprint density at radius 3 is 2.30 bits per heavy atom. The maximum absolute atomic E-state index is 10.7. The van der Waals surface area contributed by atoms with E-state index in [2.05, 4.69) is 47.7 Å². The summed E-state index contributed by atoms with van der Waals surface area (Å²) in [5.41, 5.74) is -2.95. The maximum atomic E-state index is 10.7. The number of aliphatic hydroxyl groups is 2. The van der Waals surface area contributed by atoms with Gasteiger partial charge in [0.1, 0.15) is 0 Å². The van der Waals surface area contributed by atoms with Crippen LogP contribution in [0.25, 0.3) is 0 Å².